The van der Waals surface area contributed by atoms with E-state index in [1.54, 1.807) is 0 Å². The molecule has 0 radical (unpaired) electrons. The monoisotopic (exact) mass is 436 g/mol. The molecule has 134 valence electrons. The number of hydrogen-bond acceptors (Lipinski definition) is 1. The Hall–Kier alpha value is -0.281. The molecular formula is C22H36OSn. The van der Waals surface area contributed by atoms with Crippen LogP contribution >= 0.6 is 0 Å². The van der Waals surface area contributed by atoms with E-state index in [0.717, 1.165) is 12.8 Å². The Labute approximate surface area is 153 Å². The molecule has 0 spiro atoms. The predicted molar refractivity (Wildman–Crippen MR) is 108 cm³/mol. The van der Waals surface area contributed by atoms with Gasteiger partial charge in [-0.2, -0.15) is 0 Å². The van der Waals surface area contributed by atoms with Gasteiger partial charge in [-0.1, -0.05) is 0 Å². The molecule has 0 aliphatic carbocycles. The number of unbranched alkanes of at least 4 members (excludes halogenated alkanes) is 2. The molecule has 2 heteroatoms. The molecule has 1 aliphatic rings. The van der Waals surface area contributed by atoms with Gasteiger partial charge in [-0.25, -0.2) is 0 Å². The van der Waals surface area contributed by atoms with E-state index in [4.69, 9.17) is 4.74 Å². The summed E-state index contributed by atoms with van der Waals surface area (Å²) in [6.45, 7) is 2.28. The third-order valence-electron chi connectivity index (χ3n) is 4.91. The maximum atomic E-state index is 6.48. The molecular weight excluding hydrogens is 399 g/mol. The van der Waals surface area contributed by atoms with Gasteiger partial charge in [0.2, 0.25) is 0 Å². The Bertz CT molecular complexity index is 488. The van der Waals surface area contributed by atoms with Crippen molar-refractivity contribution in [3.05, 3.63) is 46.1 Å². The Morgan fingerprint density at radius 3 is 2.50 bits per heavy atom. The Balaban J connectivity index is 1.93. The van der Waals surface area contributed by atoms with Crippen molar-refractivity contribution in [3.63, 3.8) is 0 Å². The Morgan fingerprint density at radius 1 is 1.08 bits per heavy atom. The van der Waals surface area contributed by atoms with E-state index in [2.05, 4.69) is 62.2 Å². The summed E-state index contributed by atoms with van der Waals surface area (Å²) in [5, 5.41) is 0. The zero-order valence-corrected chi connectivity index (χ0v) is 19.0. The number of rotatable bonds is 9. The minimum atomic E-state index is -1.84. The van der Waals surface area contributed by atoms with Crippen LogP contribution in [0.3, 0.4) is 0 Å². The van der Waals surface area contributed by atoms with E-state index in [1.807, 2.05) is 0 Å². The zero-order valence-electron chi connectivity index (χ0n) is 16.1. The van der Waals surface area contributed by atoms with Gasteiger partial charge < -0.3 is 0 Å². The number of hydrogen-bond donors (Lipinski definition) is 0. The predicted octanol–water partition coefficient (Wildman–Crippen LogP) is 6.41. The summed E-state index contributed by atoms with van der Waals surface area (Å²) >= 11 is -1.84. The molecule has 0 N–H and O–H groups in total. The Morgan fingerprint density at radius 2 is 1.83 bits per heavy atom. The summed E-state index contributed by atoms with van der Waals surface area (Å²) in [6, 6.07) is 10.9. The van der Waals surface area contributed by atoms with E-state index in [9.17, 15) is 0 Å². The van der Waals surface area contributed by atoms with Crippen LogP contribution in [0.1, 0.15) is 51.0 Å². The maximum absolute atomic E-state index is 6.48. The van der Waals surface area contributed by atoms with Crippen molar-refractivity contribution < 1.29 is 4.74 Å². The second-order valence-electron chi connectivity index (χ2n) is 8.44. The molecule has 3 atom stereocenters. The van der Waals surface area contributed by atoms with E-state index < -0.39 is 18.4 Å². The quantitative estimate of drug-likeness (QED) is 0.322. The van der Waals surface area contributed by atoms with Crippen molar-refractivity contribution in [2.45, 2.75) is 78.9 Å². The normalized spacial score (nSPS) is 24.8. The summed E-state index contributed by atoms with van der Waals surface area (Å²) in [5.41, 5.74) is 1.44. The third-order valence-corrected chi connectivity index (χ3v) is 8.32. The van der Waals surface area contributed by atoms with Gasteiger partial charge in [0.05, 0.1) is 0 Å². The van der Waals surface area contributed by atoms with Gasteiger partial charge in [0.25, 0.3) is 0 Å². The van der Waals surface area contributed by atoms with Gasteiger partial charge in [0, 0.05) is 0 Å². The zero-order chi connectivity index (χ0) is 17.4. The van der Waals surface area contributed by atoms with Crippen molar-refractivity contribution >= 4 is 18.4 Å². The molecule has 1 aliphatic heterocycles. The average Bonchev–Trinajstić information content (AvgIpc) is 2.94. The third kappa shape index (κ3) is 7.31. The van der Waals surface area contributed by atoms with E-state index in [0.29, 0.717) is 18.1 Å². The fourth-order valence-electron chi connectivity index (χ4n) is 3.52. The van der Waals surface area contributed by atoms with Gasteiger partial charge in [-0.15, -0.1) is 0 Å². The van der Waals surface area contributed by atoms with Gasteiger partial charge in [-0.3, -0.25) is 0 Å². The number of benzene rings is 1. The average molecular weight is 435 g/mol. The standard InChI is InChI=1S/C19H27O.3CH3.Sn/c1-3-5-7-12-18-15-17(4-2)19(20-18)14-13-16-10-8-6-9-11-16;;;;/h2,4,6,8-11,17-19H,3,5,7,12-15H2,1H3;3*1H3;/t17-,18+,19-;;;;/m1..../s1. The van der Waals surface area contributed by atoms with Crippen LogP contribution in [0.2, 0.25) is 14.8 Å². The first kappa shape index (κ1) is 20.0. The van der Waals surface area contributed by atoms with E-state index >= 15 is 0 Å². The van der Waals surface area contributed by atoms with Gasteiger partial charge in [0.1, 0.15) is 0 Å². The van der Waals surface area contributed by atoms with Gasteiger partial charge in [-0.05, 0) is 0 Å². The van der Waals surface area contributed by atoms with Crippen LogP contribution in [0.15, 0.2) is 40.5 Å². The molecule has 0 aromatic heterocycles. The van der Waals surface area contributed by atoms with E-state index in [1.165, 1.54) is 37.7 Å². The van der Waals surface area contributed by atoms with Crippen molar-refractivity contribution in [3.8, 4) is 0 Å². The van der Waals surface area contributed by atoms with Gasteiger partial charge >= 0.3 is 154 Å². The fraction of sp³-hybridized carbons (Fsp3) is 0.636. The molecule has 24 heavy (non-hydrogen) atoms. The number of ether oxygens (including phenoxy) is 1. The first-order chi connectivity index (χ1) is 11.5. The summed E-state index contributed by atoms with van der Waals surface area (Å²) < 4.78 is 9.07. The van der Waals surface area contributed by atoms with Crippen LogP contribution in [0.4, 0.5) is 0 Å². The second kappa shape index (κ2) is 10.0. The van der Waals surface area contributed by atoms with Crippen molar-refractivity contribution in [2.75, 3.05) is 0 Å². The molecule has 1 fully saturated rings. The summed E-state index contributed by atoms with van der Waals surface area (Å²) in [6.07, 6.45) is 12.2. The molecule has 2 rings (SSSR count). The number of aryl methyl sites for hydroxylation is 1. The van der Waals surface area contributed by atoms with Crippen LogP contribution < -0.4 is 0 Å². The molecule has 1 nitrogen and oxygen atoms in total. The van der Waals surface area contributed by atoms with Crippen LogP contribution in [-0.4, -0.2) is 30.6 Å². The van der Waals surface area contributed by atoms with E-state index in [-0.39, 0.29) is 0 Å². The Kier molecular flexibility index (Phi) is 8.36. The van der Waals surface area contributed by atoms with Crippen molar-refractivity contribution in [1.29, 1.82) is 0 Å². The molecule has 1 aromatic rings. The summed E-state index contributed by atoms with van der Waals surface area (Å²) in [7, 11) is 0. The van der Waals surface area contributed by atoms with Crippen LogP contribution in [0.5, 0.6) is 0 Å². The summed E-state index contributed by atoms with van der Waals surface area (Å²) in [5.74, 6) is 0.635. The van der Waals surface area contributed by atoms with Crippen LogP contribution in [-0.2, 0) is 11.2 Å². The molecule has 1 heterocycles. The van der Waals surface area contributed by atoms with Crippen molar-refractivity contribution in [2.24, 2.45) is 5.92 Å². The SMILES string of the molecule is CCCCC[C@H]1C[C@@H](/C=[CH]/[Sn]([CH3])([CH3])[CH3])[C@@H](CCc2ccccc2)O1. The topological polar surface area (TPSA) is 9.23 Å². The van der Waals surface area contributed by atoms with Crippen molar-refractivity contribution in [1.82, 2.24) is 0 Å². The molecule has 1 saturated heterocycles. The second-order valence-corrected chi connectivity index (χ2v) is 22.9. The van der Waals surface area contributed by atoms with Crippen LogP contribution in [0.25, 0.3) is 0 Å². The fourth-order valence-corrected chi connectivity index (χ4v) is 5.87. The molecule has 0 unspecified atom stereocenters. The van der Waals surface area contributed by atoms with Crippen LogP contribution in [0, 0.1) is 5.92 Å². The molecule has 0 saturated carbocycles. The minimum absolute atomic E-state index is 0.418. The summed E-state index contributed by atoms with van der Waals surface area (Å²) in [4.78, 5) is 7.45. The molecule has 0 bridgehead atoms. The molecule has 0 amide bonds. The first-order valence-electron chi connectivity index (χ1n) is 9.86. The molecule has 1 aromatic carbocycles. The first-order valence-corrected chi connectivity index (χ1v) is 20.1. The van der Waals surface area contributed by atoms with Gasteiger partial charge in [0.15, 0.2) is 0 Å².